The van der Waals surface area contributed by atoms with Crippen LogP contribution in [0.2, 0.25) is 0 Å². The van der Waals surface area contributed by atoms with Crippen molar-refractivity contribution in [1.29, 1.82) is 0 Å². The summed E-state index contributed by atoms with van der Waals surface area (Å²) in [5.74, 6) is -1.52. The summed E-state index contributed by atoms with van der Waals surface area (Å²) >= 11 is 0. The molecule has 1 aromatic heterocycles. The van der Waals surface area contributed by atoms with Crippen LogP contribution in [0.3, 0.4) is 0 Å². The fraction of sp³-hybridized carbons (Fsp3) is 0.500. The molecule has 0 radical (unpaired) electrons. The molecule has 0 fully saturated rings. The number of hydrogen-bond donors (Lipinski definition) is 5. The molecule has 9 heteroatoms. The number of carbonyl (C=O) groups is 3. The van der Waals surface area contributed by atoms with Gasteiger partial charge in [-0.3, -0.25) is 4.79 Å². The van der Waals surface area contributed by atoms with Gasteiger partial charge in [0.15, 0.2) is 0 Å². The molecular weight excluding hydrogens is 278 g/mol. The zero-order chi connectivity index (χ0) is 15.7. The number of carboxylic acid groups (broad SMARTS) is 1. The highest BCUT2D eigenvalue weighted by Gasteiger charge is 2.20. The molecule has 0 aromatic carbocycles. The first-order valence-electron chi connectivity index (χ1n) is 6.51. The summed E-state index contributed by atoms with van der Waals surface area (Å²) in [7, 11) is 0. The summed E-state index contributed by atoms with van der Waals surface area (Å²) in [5.41, 5.74) is 5.60. The first kappa shape index (κ1) is 16.5. The molecule has 0 saturated heterocycles. The third kappa shape index (κ3) is 6.95. The molecule has 1 atom stereocenters. The van der Waals surface area contributed by atoms with Crippen LogP contribution in [0.4, 0.5) is 4.79 Å². The number of rotatable bonds is 9. The number of nitrogens with two attached hydrogens (primary N) is 1. The minimum absolute atomic E-state index is 0.116. The molecule has 0 saturated carbocycles. The van der Waals surface area contributed by atoms with E-state index in [-0.39, 0.29) is 18.7 Å². The number of amides is 3. The van der Waals surface area contributed by atoms with Crippen molar-refractivity contribution in [2.75, 3.05) is 6.54 Å². The average molecular weight is 297 g/mol. The summed E-state index contributed by atoms with van der Waals surface area (Å²) in [5, 5.41) is 14.0. The van der Waals surface area contributed by atoms with E-state index in [4.69, 9.17) is 10.8 Å². The van der Waals surface area contributed by atoms with Gasteiger partial charge < -0.3 is 26.5 Å². The lowest BCUT2D eigenvalue weighted by molar-refractivity contribution is -0.139. The standard InChI is InChI=1S/C12H19N5O4/c13-10(18)3-1-2-4-15-12(21)17-9(11(19)20)5-8-6-14-7-16-8/h6-7,9H,1-5H2,(H2,13,18)(H,14,16)(H,19,20)(H2,15,17,21)/t9-/m1/s1. The quantitative estimate of drug-likeness (QED) is 0.384. The van der Waals surface area contributed by atoms with Crippen LogP contribution in [0, 0.1) is 0 Å². The molecule has 1 heterocycles. The number of carbonyl (C=O) groups excluding carboxylic acids is 2. The summed E-state index contributed by atoms with van der Waals surface area (Å²) in [6.07, 6.45) is 4.48. The number of aromatic amines is 1. The van der Waals surface area contributed by atoms with E-state index in [1.165, 1.54) is 12.5 Å². The Hall–Kier alpha value is -2.58. The highest BCUT2D eigenvalue weighted by molar-refractivity contribution is 5.82. The van der Waals surface area contributed by atoms with Gasteiger partial charge in [0.2, 0.25) is 5.91 Å². The van der Waals surface area contributed by atoms with Crippen molar-refractivity contribution >= 4 is 17.9 Å². The van der Waals surface area contributed by atoms with Gasteiger partial charge in [-0.05, 0) is 12.8 Å². The van der Waals surface area contributed by atoms with Crippen molar-refractivity contribution in [3.8, 4) is 0 Å². The number of aromatic nitrogens is 2. The molecular formula is C12H19N5O4. The number of nitrogens with zero attached hydrogens (tertiary/aromatic N) is 1. The van der Waals surface area contributed by atoms with Crippen LogP contribution in [0.1, 0.15) is 25.0 Å². The Balaban J connectivity index is 2.29. The second-order valence-electron chi connectivity index (χ2n) is 4.50. The van der Waals surface area contributed by atoms with Crippen molar-refractivity contribution in [2.24, 2.45) is 5.73 Å². The van der Waals surface area contributed by atoms with E-state index < -0.39 is 18.0 Å². The first-order valence-corrected chi connectivity index (χ1v) is 6.51. The third-order valence-corrected chi connectivity index (χ3v) is 2.72. The zero-order valence-corrected chi connectivity index (χ0v) is 11.5. The van der Waals surface area contributed by atoms with Crippen LogP contribution >= 0.6 is 0 Å². The van der Waals surface area contributed by atoms with Crippen LogP contribution < -0.4 is 16.4 Å². The Morgan fingerprint density at radius 3 is 2.71 bits per heavy atom. The number of aliphatic carboxylic acids is 1. The predicted molar refractivity (Wildman–Crippen MR) is 73.3 cm³/mol. The summed E-state index contributed by atoms with van der Waals surface area (Å²) in [6.45, 7) is 0.343. The molecule has 3 amide bonds. The van der Waals surface area contributed by atoms with E-state index in [9.17, 15) is 14.4 Å². The maximum absolute atomic E-state index is 11.6. The minimum atomic E-state index is -1.13. The number of primary amides is 1. The van der Waals surface area contributed by atoms with Gasteiger partial charge in [0.1, 0.15) is 6.04 Å². The third-order valence-electron chi connectivity index (χ3n) is 2.72. The second-order valence-corrected chi connectivity index (χ2v) is 4.50. The topological polar surface area (TPSA) is 150 Å². The molecule has 6 N–H and O–H groups in total. The van der Waals surface area contributed by atoms with E-state index in [0.717, 1.165) is 0 Å². The van der Waals surface area contributed by atoms with E-state index >= 15 is 0 Å². The molecule has 0 aliphatic rings. The summed E-state index contributed by atoms with van der Waals surface area (Å²) < 4.78 is 0. The summed E-state index contributed by atoms with van der Waals surface area (Å²) in [4.78, 5) is 39.7. The van der Waals surface area contributed by atoms with E-state index in [2.05, 4.69) is 20.6 Å². The number of imidazole rings is 1. The Kier molecular flexibility index (Phi) is 6.72. The lowest BCUT2D eigenvalue weighted by Gasteiger charge is -2.14. The van der Waals surface area contributed by atoms with Gasteiger partial charge in [-0.1, -0.05) is 0 Å². The van der Waals surface area contributed by atoms with E-state index in [0.29, 0.717) is 25.1 Å². The van der Waals surface area contributed by atoms with Crippen molar-refractivity contribution in [3.05, 3.63) is 18.2 Å². The molecule has 21 heavy (non-hydrogen) atoms. The van der Waals surface area contributed by atoms with Crippen molar-refractivity contribution in [3.63, 3.8) is 0 Å². The van der Waals surface area contributed by atoms with Crippen LogP contribution in [-0.4, -0.2) is 45.6 Å². The number of nitrogens with one attached hydrogen (secondary N) is 3. The fourth-order valence-electron chi connectivity index (χ4n) is 1.65. The molecule has 0 unspecified atom stereocenters. The average Bonchev–Trinajstić information content (AvgIpc) is 2.90. The lowest BCUT2D eigenvalue weighted by atomic mass is 10.1. The SMILES string of the molecule is NC(=O)CCCCNC(=O)N[C@H](Cc1cnc[nH]1)C(=O)O. The van der Waals surface area contributed by atoms with Crippen LogP contribution in [0.5, 0.6) is 0 Å². The molecule has 0 bridgehead atoms. The maximum atomic E-state index is 11.6. The van der Waals surface area contributed by atoms with Gasteiger partial charge in [-0.25, -0.2) is 14.6 Å². The Labute approximate surface area is 121 Å². The van der Waals surface area contributed by atoms with Gasteiger partial charge in [0.25, 0.3) is 0 Å². The van der Waals surface area contributed by atoms with Crippen LogP contribution in [-0.2, 0) is 16.0 Å². The number of carboxylic acids is 1. The first-order chi connectivity index (χ1) is 9.99. The number of H-pyrrole nitrogens is 1. The monoisotopic (exact) mass is 297 g/mol. The van der Waals surface area contributed by atoms with Crippen LogP contribution in [0.15, 0.2) is 12.5 Å². The molecule has 1 aromatic rings. The van der Waals surface area contributed by atoms with Crippen LogP contribution in [0.25, 0.3) is 0 Å². The molecule has 116 valence electrons. The Morgan fingerprint density at radius 2 is 2.14 bits per heavy atom. The zero-order valence-electron chi connectivity index (χ0n) is 11.5. The van der Waals surface area contributed by atoms with Gasteiger partial charge in [-0.2, -0.15) is 0 Å². The Morgan fingerprint density at radius 1 is 1.38 bits per heavy atom. The van der Waals surface area contributed by atoms with Crippen molar-refractivity contribution < 1.29 is 19.5 Å². The predicted octanol–water partition coefficient (Wildman–Crippen LogP) is -0.640. The molecule has 1 rings (SSSR count). The van der Waals surface area contributed by atoms with Gasteiger partial charge in [0, 0.05) is 31.3 Å². The molecule has 0 aliphatic carbocycles. The number of hydrogen-bond acceptors (Lipinski definition) is 4. The van der Waals surface area contributed by atoms with E-state index in [1.807, 2.05) is 0 Å². The second kappa shape index (κ2) is 8.56. The molecule has 9 nitrogen and oxygen atoms in total. The Bertz CT molecular complexity index is 474. The molecule has 0 spiro atoms. The number of unbranched alkanes of at least 4 members (excludes halogenated alkanes) is 1. The van der Waals surface area contributed by atoms with Gasteiger partial charge in [-0.15, -0.1) is 0 Å². The molecule has 0 aliphatic heterocycles. The fourth-order valence-corrected chi connectivity index (χ4v) is 1.65. The van der Waals surface area contributed by atoms with Crippen molar-refractivity contribution in [1.82, 2.24) is 20.6 Å². The maximum Gasteiger partial charge on any atom is 0.326 e. The van der Waals surface area contributed by atoms with E-state index in [1.54, 1.807) is 0 Å². The smallest absolute Gasteiger partial charge is 0.326 e. The summed E-state index contributed by atoms with van der Waals surface area (Å²) in [6, 6.07) is -1.61. The minimum Gasteiger partial charge on any atom is -0.480 e. The highest BCUT2D eigenvalue weighted by atomic mass is 16.4. The lowest BCUT2D eigenvalue weighted by Crippen LogP contribution is -2.47. The number of urea groups is 1. The highest BCUT2D eigenvalue weighted by Crippen LogP contribution is 1.99. The largest absolute Gasteiger partial charge is 0.480 e. The van der Waals surface area contributed by atoms with Crippen molar-refractivity contribution in [2.45, 2.75) is 31.7 Å². The normalized spacial score (nSPS) is 11.6. The van der Waals surface area contributed by atoms with Gasteiger partial charge in [0.05, 0.1) is 6.33 Å². The van der Waals surface area contributed by atoms with Gasteiger partial charge >= 0.3 is 12.0 Å².